The zero-order valence-corrected chi connectivity index (χ0v) is 10.7. The number of nitrogens with one attached hydrogen (secondary N) is 2. The third kappa shape index (κ3) is 2.21. The molecule has 2 atom stereocenters. The van der Waals surface area contributed by atoms with Gasteiger partial charge in [0.1, 0.15) is 5.75 Å². The fraction of sp³-hybridized carbons (Fsp3) is 0.429. The minimum absolute atomic E-state index is 0.0391. The standard InChI is InChI=1S/C14H16N2O3/c1-8-14(18)16-11-6-9(2-3-12(11)19-8)13(17)10-4-5-15-7-10/h2-3,6,8,10,15H,4-5,7H2,1H3,(H,16,18). The molecule has 1 fully saturated rings. The second kappa shape index (κ2) is 4.66. The lowest BCUT2D eigenvalue weighted by Gasteiger charge is -2.23. The molecule has 2 aliphatic heterocycles. The predicted molar refractivity (Wildman–Crippen MR) is 70.5 cm³/mol. The van der Waals surface area contributed by atoms with E-state index in [-0.39, 0.29) is 17.6 Å². The van der Waals surface area contributed by atoms with E-state index in [0.29, 0.717) is 17.0 Å². The number of hydrogen-bond acceptors (Lipinski definition) is 4. The van der Waals surface area contributed by atoms with Gasteiger partial charge in [-0.2, -0.15) is 0 Å². The third-order valence-corrected chi connectivity index (χ3v) is 3.63. The van der Waals surface area contributed by atoms with Gasteiger partial charge in [0.2, 0.25) is 0 Å². The fourth-order valence-corrected chi connectivity index (χ4v) is 2.48. The summed E-state index contributed by atoms with van der Waals surface area (Å²) in [6.07, 6.45) is 0.378. The first-order valence-electron chi connectivity index (χ1n) is 6.51. The van der Waals surface area contributed by atoms with Crippen molar-refractivity contribution in [3.05, 3.63) is 23.8 Å². The summed E-state index contributed by atoms with van der Waals surface area (Å²) >= 11 is 0. The lowest BCUT2D eigenvalue weighted by atomic mass is 9.96. The molecular formula is C14H16N2O3. The molecule has 3 rings (SSSR count). The minimum atomic E-state index is -0.493. The molecule has 2 N–H and O–H groups in total. The first-order chi connectivity index (χ1) is 9.15. The van der Waals surface area contributed by atoms with Crippen molar-refractivity contribution in [1.29, 1.82) is 0 Å². The van der Waals surface area contributed by atoms with Crippen molar-refractivity contribution < 1.29 is 14.3 Å². The van der Waals surface area contributed by atoms with Crippen molar-refractivity contribution in [2.45, 2.75) is 19.4 Å². The molecule has 0 aliphatic carbocycles. The number of carbonyl (C=O) groups excluding carboxylic acids is 2. The second-order valence-electron chi connectivity index (χ2n) is 5.01. The summed E-state index contributed by atoms with van der Waals surface area (Å²) in [5, 5.41) is 5.95. The van der Waals surface area contributed by atoms with Gasteiger partial charge < -0.3 is 15.4 Å². The first-order valence-corrected chi connectivity index (χ1v) is 6.51. The number of benzene rings is 1. The van der Waals surface area contributed by atoms with Gasteiger partial charge in [-0.1, -0.05) is 0 Å². The molecule has 5 nitrogen and oxygen atoms in total. The number of fused-ring (bicyclic) bond motifs is 1. The van der Waals surface area contributed by atoms with Crippen molar-refractivity contribution in [3.8, 4) is 5.75 Å². The summed E-state index contributed by atoms with van der Waals surface area (Å²) in [7, 11) is 0. The van der Waals surface area contributed by atoms with E-state index in [9.17, 15) is 9.59 Å². The molecule has 1 saturated heterocycles. The van der Waals surface area contributed by atoms with Crippen LogP contribution in [0.1, 0.15) is 23.7 Å². The zero-order valence-electron chi connectivity index (χ0n) is 10.7. The van der Waals surface area contributed by atoms with Crippen LogP contribution in [0.25, 0.3) is 0 Å². The predicted octanol–water partition coefficient (Wildman–Crippen LogP) is 1.20. The van der Waals surface area contributed by atoms with Gasteiger partial charge in [0.15, 0.2) is 11.9 Å². The Labute approximate surface area is 111 Å². The molecule has 100 valence electrons. The summed E-state index contributed by atoms with van der Waals surface area (Å²) in [6.45, 7) is 3.32. The van der Waals surface area contributed by atoms with Crippen LogP contribution in [-0.2, 0) is 4.79 Å². The quantitative estimate of drug-likeness (QED) is 0.784. The fourth-order valence-electron chi connectivity index (χ4n) is 2.48. The monoisotopic (exact) mass is 260 g/mol. The number of rotatable bonds is 2. The largest absolute Gasteiger partial charge is 0.479 e. The van der Waals surface area contributed by atoms with Crippen LogP contribution in [0, 0.1) is 5.92 Å². The number of amides is 1. The molecule has 2 unspecified atom stereocenters. The van der Waals surface area contributed by atoms with Crippen LogP contribution < -0.4 is 15.4 Å². The second-order valence-corrected chi connectivity index (χ2v) is 5.01. The van der Waals surface area contributed by atoms with Gasteiger partial charge in [-0.25, -0.2) is 0 Å². The highest BCUT2D eigenvalue weighted by Crippen LogP contribution is 2.31. The van der Waals surface area contributed by atoms with Gasteiger partial charge >= 0.3 is 0 Å². The van der Waals surface area contributed by atoms with Crippen molar-refractivity contribution in [1.82, 2.24) is 5.32 Å². The van der Waals surface area contributed by atoms with Crippen molar-refractivity contribution in [3.63, 3.8) is 0 Å². The van der Waals surface area contributed by atoms with Crippen LogP contribution in [-0.4, -0.2) is 30.9 Å². The van der Waals surface area contributed by atoms with E-state index in [4.69, 9.17) is 4.74 Å². The van der Waals surface area contributed by atoms with E-state index in [1.807, 2.05) is 0 Å². The lowest BCUT2D eigenvalue weighted by Crippen LogP contribution is -2.34. The normalized spacial score (nSPS) is 25.4. The molecule has 0 radical (unpaired) electrons. The van der Waals surface area contributed by atoms with Crippen molar-refractivity contribution >= 4 is 17.4 Å². The van der Waals surface area contributed by atoms with Gasteiger partial charge in [0.05, 0.1) is 5.69 Å². The van der Waals surface area contributed by atoms with Gasteiger partial charge in [-0.3, -0.25) is 9.59 Å². The molecule has 0 saturated carbocycles. The summed E-state index contributed by atoms with van der Waals surface area (Å²) in [5.41, 5.74) is 1.21. The maximum atomic E-state index is 12.3. The van der Waals surface area contributed by atoms with Gasteiger partial charge in [0.25, 0.3) is 5.91 Å². The highest BCUT2D eigenvalue weighted by Gasteiger charge is 2.27. The Morgan fingerprint density at radius 2 is 2.26 bits per heavy atom. The third-order valence-electron chi connectivity index (χ3n) is 3.63. The van der Waals surface area contributed by atoms with E-state index in [1.165, 1.54) is 0 Å². The highest BCUT2D eigenvalue weighted by atomic mass is 16.5. The SMILES string of the molecule is CC1Oc2ccc(C(=O)C3CCNC3)cc2NC1=O. The number of hydrogen-bond donors (Lipinski definition) is 2. The maximum Gasteiger partial charge on any atom is 0.265 e. The van der Waals surface area contributed by atoms with Crippen LogP contribution in [0.3, 0.4) is 0 Å². The van der Waals surface area contributed by atoms with Crippen LogP contribution >= 0.6 is 0 Å². The minimum Gasteiger partial charge on any atom is -0.479 e. The van der Waals surface area contributed by atoms with Gasteiger partial charge in [-0.15, -0.1) is 0 Å². The Balaban J connectivity index is 1.87. The van der Waals surface area contributed by atoms with Gasteiger partial charge in [0, 0.05) is 18.0 Å². The van der Waals surface area contributed by atoms with Crippen LogP contribution in [0.4, 0.5) is 5.69 Å². The van der Waals surface area contributed by atoms with Crippen LogP contribution in [0.5, 0.6) is 5.75 Å². The summed E-state index contributed by atoms with van der Waals surface area (Å²) in [6, 6.07) is 5.23. The first kappa shape index (κ1) is 12.2. The Kier molecular flexibility index (Phi) is 2.98. The van der Waals surface area contributed by atoms with Crippen LogP contribution in [0.2, 0.25) is 0 Å². The topological polar surface area (TPSA) is 67.4 Å². The molecule has 0 spiro atoms. The Morgan fingerprint density at radius 3 is 3.00 bits per heavy atom. The van der Waals surface area contributed by atoms with E-state index in [2.05, 4.69) is 10.6 Å². The van der Waals surface area contributed by atoms with E-state index < -0.39 is 6.10 Å². The number of carbonyl (C=O) groups is 2. The molecule has 0 aromatic heterocycles. The average Bonchev–Trinajstić information content (AvgIpc) is 2.93. The highest BCUT2D eigenvalue weighted by molar-refractivity contribution is 6.02. The molecular weight excluding hydrogens is 244 g/mol. The van der Waals surface area contributed by atoms with E-state index in [0.717, 1.165) is 19.5 Å². The summed E-state index contributed by atoms with van der Waals surface area (Å²) in [4.78, 5) is 23.8. The van der Waals surface area contributed by atoms with E-state index >= 15 is 0 Å². The van der Waals surface area contributed by atoms with Crippen molar-refractivity contribution in [2.24, 2.45) is 5.92 Å². The number of Topliss-reactive ketones (excluding diaryl/α,β-unsaturated/α-hetero) is 1. The molecule has 1 aromatic rings. The number of anilines is 1. The lowest BCUT2D eigenvalue weighted by molar-refractivity contribution is -0.122. The average molecular weight is 260 g/mol. The molecule has 5 heteroatoms. The van der Waals surface area contributed by atoms with Crippen LogP contribution in [0.15, 0.2) is 18.2 Å². The Hall–Kier alpha value is -1.88. The maximum absolute atomic E-state index is 12.3. The molecule has 0 bridgehead atoms. The summed E-state index contributed by atoms with van der Waals surface area (Å²) in [5.74, 6) is 0.602. The smallest absolute Gasteiger partial charge is 0.265 e. The Morgan fingerprint density at radius 1 is 1.42 bits per heavy atom. The zero-order chi connectivity index (χ0) is 13.4. The molecule has 19 heavy (non-hydrogen) atoms. The number of ketones is 1. The molecule has 1 amide bonds. The molecule has 2 heterocycles. The van der Waals surface area contributed by atoms with E-state index in [1.54, 1.807) is 25.1 Å². The number of ether oxygens (including phenoxy) is 1. The Bertz CT molecular complexity index is 535. The summed E-state index contributed by atoms with van der Waals surface area (Å²) < 4.78 is 5.47. The van der Waals surface area contributed by atoms with Gasteiger partial charge in [-0.05, 0) is 38.1 Å². The van der Waals surface area contributed by atoms with Crippen molar-refractivity contribution in [2.75, 3.05) is 18.4 Å². The molecule has 2 aliphatic rings. The molecule has 1 aromatic carbocycles.